The van der Waals surface area contributed by atoms with Crippen LogP contribution in [0.2, 0.25) is 0 Å². The Morgan fingerprint density at radius 3 is 2.29 bits per heavy atom. The van der Waals surface area contributed by atoms with E-state index in [0.29, 0.717) is 19.8 Å². The summed E-state index contributed by atoms with van der Waals surface area (Å²) in [5, 5.41) is 7.74. The normalized spacial score (nSPS) is 20.8. The topological polar surface area (TPSA) is 59.9 Å². The van der Waals surface area contributed by atoms with Crippen LogP contribution in [0.1, 0.15) is 47.9 Å². The molecule has 1 aliphatic carbocycles. The Kier molecular flexibility index (Phi) is 8.50. The standard InChI is InChI=1S/C25H30N2O3.ClH/c1-2-29-25(28)20-13-14-21(26-15-20)17-30-27-16-24-22-9-5-3-7-18(22)11-12-19-8-4-6-10-23(19)24;/h3-10,16,20-21,24,26H,2,11-15,17H2,1H3;1H/b27-16+;/t20-,21+;/m1./s1. The van der Waals surface area contributed by atoms with Crippen LogP contribution in [0.15, 0.2) is 53.7 Å². The Labute approximate surface area is 190 Å². The lowest BCUT2D eigenvalue weighted by molar-refractivity contribution is -0.148. The molecule has 0 amide bonds. The van der Waals surface area contributed by atoms with Gasteiger partial charge in [-0.2, -0.15) is 0 Å². The summed E-state index contributed by atoms with van der Waals surface area (Å²) in [5.74, 6) is -0.0517. The summed E-state index contributed by atoms with van der Waals surface area (Å²) in [6, 6.07) is 17.5. The third kappa shape index (κ3) is 5.66. The average molecular weight is 443 g/mol. The molecule has 1 heterocycles. The summed E-state index contributed by atoms with van der Waals surface area (Å²) in [6.07, 6.45) is 5.74. The van der Waals surface area contributed by atoms with Crippen molar-refractivity contribution in [1.82, 2.24) is 5.32 Å². The van der Waals surface area contributed by atoms with Gasteiger partial charge in [-0.15, -0.1) is 12.4 Å². The Balaban J connectivity index is 0.00000272. The van der Waals surface area contributed by atoms with E-state index in [2.05, 4.69) is 59.0 Å². The Morgan fingerprint density at radius 2 is 1.71 bits per heavy atom. The lowest BCUT2D eigenvalue weighted by Gasteiger charge is -2.27. The van der Waals surface area contributed by atoms with Crippen molar-refractivity contribution in [2.45, 2.75) is 44.6 Å². The first-order valence-corrected chi connectivity index (χ1v) is 11.0. The largest absolute Gasteiger partial charge is 0.466 e. The molecule has 0 bridgehead atoms. The molecule has 2 aromatic carbocycles. The fourth-order valence-corrected chi connectivity index (χ4v) is 4.48. The second kappa shape index (κ2) is 11.3. The number of nitrogens with zero attached hydrogens (tertiary/aromatic N) is 1. The van der Waals surface area contributed by atoms with Crippen LogP contribution in [0.3, 0.4) is 0 Å². The van der Waals surface area contributed by atoms with Crippen molar-refractivity contribution < 1.29 is 14.4 Å². The van der Waals surface area contributed by atoms with Crippen molar-refractivity contribution in [2.24, 2.45) is 11.1 Å². The van der Waals surface area contributed by atoms with E-state index in [-0.39, 0.29) is 36.3 Å². The number of halogens is 1. The van der Waals surface area contributed by atoms with Crippen LogP contribution >= 0.6 is 12.4 Å². The Bertz CT molecular complexity index is 846. The molecular formula is C25H31ClN2O3. The van der Waals surface area contributed by atoms with Gasteiger partial charge in [-0.25, -0.2) is 0 Å². The smallest absolute Gasteiger partial charge is 0.310 e. The van der Waals surface area contributed by atoms with Crippen LogP contribution in [0.5, 0.6) is 0 Å². The average Bonchev–Trinajstić information content (AvgIpc) is 2.94. The summed E-state index contributed by atoms with van der Waals surface area (Å²) < 4.78 is 5.12. The molecule has 166 valence electrons. The summed E-state index contributed by atoms with van der Waals surface area (Å²) in [7, 11) is 0. The number of carbonyl (C=O) groups excluding carboxylic acids is 1. The fourth-order valence-electron chi connectivity index (χ4n) is 4.48. The number of oxime groups is 1. The Morgan fingerprint density at radius 1 is 1.06 bits per heavy atom. The molecule has 0 radical (unpaired) electrons. The number of piperidine rings is 1. The number of esters is 1. The van der Waals surface area contributed by atoms with E-state index in [9.17, 15) is 4.79 Å². The maximum atomic E-state index is 11.9. The van der Waals surface area contributed by atoms with Gasteiger partial charge in [0.05, 0.1) is 18.7 Å². The van der Waals surface area contributed by atoms with Crippen molar-refractivity contribution >= 4 is 24.6 Å². The molecular weight excluding hydrogens is 412 g/mol. The van der Waals surface area contributed by atoms with Crippen LogP contribution in [-0.4, -0.2) is 38.0 Å². The van der Waals surface area contributed by atoms with Gasteiger partial charge in [-0.05, 0) is 54.9 Å². The minimum atomic E-state index is -0.104. The van der Waals surface area contributed by atoms with E-state index in [1.807, 2.05) is 13.1 Å². The highest BCUT2D eigenvalue weighted by Crippen LogP contribution is 2.33. The van der Waals surface area contributed by atoms with Gasteiger partial charge in [0, 0.05) is 18.5 Å². The van der Waals surface area contributed by atoms with Gasteiger partial charge in [0.1, 0.15) is 6.61 Å². The molecule has 0 saturated carbocycles. The van der Waals surface area contributed by atoms with E-state index in [1.165, 1.54) is 22.3 Å². The lowest BCUT2D eigenvalue weighted by atomic mass is 9.89. The highest BCUT2D eigenvalue weighted by atomic mass is 35.5. The van der Waals surface area contributed by atoms with Gasteiger partial charge in [-0.1, -0.05) is 53.7 Å². The van der Waals surface area contributed by atoms with Crippen LogP contribution in [0.25, 0.3) is 0 Å². The highest BCUT2D eigenvalue weighted by Gasteiger charge is 2.27. The first-order chi connectivity index (χ1) is 14.8. The number of aryl methyl sites for hydroxylation is 2. The molecule has 1 N–H and O–H groups in total. The van der Waals surface area contributed by atoms with Crippen molar-refractivity contribution in [3.05, 3.63) is 70.8 Å². The molecule has 0 aromatic heterocycles. The molecule has 31 heavy (non-hydrogen) atoms. The van der Waals surface area contributed by atoms with Crippen molar-refractivity contribution in [1.29, 1.82) is 0 Å². The molecule has 2 aliphatic rings. The van der Waals surface area contributed by atoms with Gasteiger partial charge in [0.2, 0.25) is 0 Å². The number of nitrogens with one attached hydrogen (secondary N) is 1. The molecule has 5 nitrogen and oxygen atoms in total. The van der Waals surface area contributed by atoms with Crippen LogP contribution in [-0.2, 0) is 27.2 Å². The summed E-state index contributed by atoms with van der Waals surface area (Å²) >= 11 is 0. The molecule has 1 aliphatic heterocycles. The molecule has 2 atom stereocenters. The fraction of sp³-hybridized carbons (Fsp3) is 0.440. The second-order valence-electron chi connectivity index (χ2n) is 8.06. The van der Waals surface area contributed by atoms with E-state index in [4.69, 9.17) is 9.57 Å². The highest BCUT2D eigenvalue weighted by molar-refractivity contribution is 5.85. The number of benzene rings is 2. The Hall–Kier alpha value is -2.37. The maximum absolute atomic E-state index is 11.9. The van der Waals surface area contributed by atoms with Crippen molar-refractivity contribution in [3.63, 3.8) is 0 Å². The minimum absolute atomic E-state index is 0. The van der Waals surface area contributed by atoms with Crippen LogP contribution < -0.4 is 5.32 Å². The van der Waals surface area contributed by atoms with Crippen LogP contribution in [0.4, 0.5) is 0 Å². The summed E-state index contributed by atoms with van der Waals surface area (Å²) in [6.45, 7) is 3.42. The zero-order chi connectivity index (χ0) is 20.8. The van der Waals surface area contributed by atoms with E-state index in [1.54, 1.807) is 0 Å². The number of hydrogen-bond acceptors (Lipinski definition) is 5. The van der Waals surface area contributed by atoms with E-state index < -0.39 is 0 Å². The molecule has 1 saturated heterocycles. The molecule has 6 heteroatoms. The quantitative estimate of drug-likeness (QED) is 0.412. The van der Waals surface area contributed by atoms with Gasteiger partial charge in [0.25, 0.3) is 0 Å². The zero-order valence-corrected chi connectivity index (χ0v) is 18.8. The number of rotatable bonds is 6. The predicted molar refractivity (Wildman–Crippen MR) is 125 cm³/mol. The first-order valence-electron chi connectivity index (χ1n) is 11.0. The number of hydrogen-bond donors (Lipinski definition) is 1. The monoisotopic (exact) mass is 442 g/mol. The molecule has 0 unspecified atom stereocenters. The predicted octanol–water partition coefficient (Wildman–Crippen LogP) is 4.27. The lowest BCUT2D eigenvalue weighted by Crippen LogP contribution is -2.44. The maximum Gasteiger partial charge on any atom is 0.310 e. The summed E-state index contributed by atoms with van der Waals surface area (Å²) in [4.78, 5) is 17.5. The van der Waals surface area contributed by atoms with Gasteiger partial charge < -0.3 is 14.9 Å². The van der Waals surface area contributed by atoms with E-state index in [0.717, 1.165) is 25.7 Å². The molecule has 2 aromatic rings. The molecule has 4 rings (SSSR count). The number of fused-ring (bicyclic) bond motifs is 2. The van der Waals surface area contributed by atoms with Gasteiger partial charge >= 0.3 is 5.97 Å². The number of ether oxygens (including phenoxy) is 1. The first kappa shape index (κ1) is 23.3. The third-order valence-corrected chi connectivity index (χ3v) is 6.14. The summed E-state index contributed by atoms with van der Waals surface area (Å²) in [5.41, 5.74) is 5.37. The van der Waals surface area contributed by atoms with Gasteiger partial charge in [-0.3, -0.25) is 4.79 Å². The third-order valence-electron chi connectivity index (χ3n) is 6.14. The van der Waals surface area contributed by atoms with Crippen molar-refractivity contribution in [2.75, 3.05) is 19.8 Å². The number of carbonyl (C=O) groups is 1. The van der Waals surface area contributed by atoms with Crippen molar-refractivity contribution in [3.8, 4) is 0 Å². The zero-order valence-electron chi connectivity index (χ0n) is 18.0. The molecule has 0 spiro atoms. The molecule has 1 fully saturated rings. The van der Waals surface area contributed by atoms with E-state index >= 15 is 0 Å². The van der Waals surface area contributed by atoms with Crippen LogP contribution in [0, 0.1) is 5.92 Å². The van der Waals surface area contributed by atoms with Gasteiger partial charge in [0.15, 0.2) is 0 Å². The minimum Gasteiger partial charge on any atom is -0.466 e. The second-order valence-corrected chi connectivity index (χ2v) is 8.06. The SMILES string of the molecule is CCOC(=O)[C@@H]1CC[C@@H](CO/N=C/C2c3ccccc3CCc3ccccc32)NC1.Cl.